The van der Waals surface area contributed by atoms with Crippen LogP contribution in [-0.4, -0.2) is 16.9 Å². The van der Waals surface area contributed by atoms with Gasteiger partial charge in [-0.05, 0) is 68.4 Å². The molecule has 4 nitrogen and oxygen atoms in total. The topological polar surface area (TPSA) is 45.7 Å². The molecule has 0 fully saturated rings. The molecule has 2 aromatic carbocycles. The van der Waals surface area contributed by atoms with Gasteiger partial charge >= 0.3 is 0 Å². The number of hydrogen-bond donors (Lipinski definition) is 2. The van der Waals surface area contributed by atoms with Crippen LogP contribution in [0.1, 0.15) is 31.9 Å². The first-order valence-corrected chi connectivity index (χ1v) is 8.34. The molecule has 0 saturated carbocycles. The van der Waals surface area contributed by atoms with E-state index < -0.39 is 0 Å². The molecular weight excluding hydrogens is 318 g/mol. The lowest BCUT2D eigenvalue weighted by Crippen LogP contribution is -2.32. The molecular formula is C19H23N3OS. The Bertz CT molecular complexity index is 682. The maximum atomic E-state index is 5.63. The summed E-state index contributed by atoms with van der Waals surface area (Å²) in [7, 11) is 0. The minimum absolute atomic E-state index is 0.167. The Labute approximate surface area is 148 Å². The van der Waals surface area contributed by atoms with Crippen LogP contribution in [0.3, 0.4) is 0 Å². The van der Waals surface area contributed by atoms with Crippen LogP contribution >= 0.6 is 12.2 Å². The predicted octanol–water partition coefficient (Wildman–Crippen LogP) is 3.86. The SMILES string of the molecule is C/C(=N/NC(=S)NCc1ccccc1)c1ccc(OC(C)C)cc1. The lowest BCUT2D eigenvalue weighted by molar-refractivity contribution is 0.242. The fraction of sp³-hybridized carbons (Fsp3) is 0.263. The number of nitrogens with one attached hydrogen (secondary N) is 2. The third kappa shape index (κ3) is 6.01. The standard InChI is InChI=1S/C19H23N3OS/c1-14(2)23-18-11-9-17(10-12-18)15(3)21-22-19(24)20-13-16-7-5-4-6-8-16/h4-12,14H,13H2,1-3H3,(H2,20,22,24)/b21-15-. The molecule has 5 heteroatoms. The number of rotatable bonds is 6. The maximum absolute atomic E-state index is 5.63. The van der Waals surface area contributed by atoms with Crippen LogP contribution in [0.25, 0.3) is 0 Å². The second-order valence-electron chi connectivity index (χ2n) is 5.67. The Hall–Kier alpha value is -2.40. The van der Waals surface area contributed by atoms with Crippen LogP contribution in [0.2, 0.25) is 0 Å². The highest BCUT2D eigenvalue weighted by Crippen LogP contribution is 2.14. The molecule has 2 N–H and O–H groups in total. The van der Waals surface area contributed by atoms with Crippen molar-refractivity contribution in [3.05, 3.63) is 65.7 Å². The summed E-state index contributed by atoms with van der Waals surface area (Å²) in [6, 6.07) is 17.9. The zero-order valence-corrected chi connectivity index (χ0v) is 15.1. The van der Waals surface area contributed by atoms with E-state index in [9.17, 15) is 0 Å². The van der Waals surface area contributed by atoms with Gasteiger partial charge in [0.1, 0.15) is 5.75 Å². The molecule has 0 bridgehead atoms. The Balaban J connectivity index is 1.85. The molecule has 24 heavy (non-hydrogen) atoms. The molecule has 0 aliphatic rings. The van der Waals surface area contributed by atoms with Gasteiger partial charge in [0.25, 0.3) is 0 Å². The Morgan fingerprint density at radius 2 is 1.75 bits per heavy atom. The summed E-state index contributed by atoms with van der Waals surface area (Å²) in [6.45, 7) is 6.62. The Kier molecular flexibility index (Phi) is 6.75. The third-order valence-electron chi connectivity index (χ3n) is 3.26. The van der Waals surface area contributed by atoms with Gasteiger partial charge in [-0.2, -0.15) is 5.10 Å². The fourth-order valence-corrected chi connectivity index (χ4v) is 2.18. The summed E-state index contributed by atoms with van der Waals surface area (Å²) in [5.41, 5.74) is 5.92. The van der Waals surface area contributed by atoms with Gasteiger partial charge in [-0.3, -0.25) is 5.43 Å². The Morgan fingerprint density at radius 3 is 2.38 bits per heavy atom. The molecule has 0 saturated heterocycles. The van der Waals surface area contributed by atoms with Crippen LogP contribution in [0.15, 0.2) is 59.7 Å². The van der Waals surface area contributed by atoms with Gasteiger partial charge in [0.2, 0.25) is 0 Å². The Morgan fingerprint density at radius 1 is 1.08 bits per heavy atom. The van der Waals surface area contributed by atoms with Crippen molar-refractivity contribution in [2.24, 2.45) is 5.10 Å². The molecule has 0 aromatic heterocycles. The smallest absolute Gasteiger partial charge is 0.187 e. The molecule has 0 aliphatic carbocycles. The minimum Gasteiger partial charge on any atom is -0.491 e. The van der Waals surface area contributed by atoms with Crippen molar-refractivity contribution >= 4 is 23.0 Å². The first kappa shape index (κ1) is 17.9. The average molecular weight is 341 g/mol. The molecule has 0 aliphatic heterocycles. The highest BCUT2D eigenvalue weighted by molar-refractivity contribution is 7.80. The number of ether oxygens (including phenoxy) is 1. The molecule has 0 amide bonds. The molecule has 0 atom stereocenters. The summed E-state index contributed by atoms with van der Waals surface area (Å²) in [6.07, 6.45) is 0.167. The van der Waals surface area contributed by atoms with Crippen molar-refractivity contribution in [1.29, 1.82) is 0 Å². The third-order valence-corrected chi connectivity index (χ3v) is 3.50. The minimum atomic E-state index is 0.167. The maximum Gasteiger partial charge on any atom is 0.187 e. The van der Waals surface area contributed by atoms with Gasteiger partial charge < -0.3 is 10.1 Å². The normalized spacial score (nSPS) is 11.2. The van der Waals surface area contributed by atoms with Crippen molar-refractivity contribution < 1.29 is 4.74 Å². The monoisotopic (exact) mass is 341 g/mol. The van der Waals surface area contributed by atoms with Crippen LogP contribution in [0.4, 0.5) is 0 Å². The van der Waals surface area contributed by atoms with Gasteiger partial charge in [-0.1, -0.05) is 30.3 Å². The van der Waals surface area contributed by atoms with Gasteiger partial charge in [-0.25, -0.2) is 0 Å². The summed E-state index contributed by atoms with van der Waals surface area (Å²) >= 11 is 5.24. The van der Waals surface area contributed by atoms with Crippen molar-refractivity contribution in [1.82, 2.24) is 10.7 Å². The quantitative estimate of drug-likeness (QED) is 0.476. The summed E-state index contributed by atoms with van der Waals surface area (Å²) < 4.78 is 5.63. The van der Waals surface area contributed by atoms with Crippen LogP contribution in [0, 0.1) is 0 Å². The largest absolute Gasteiger partial charge is 0.491 e. The zero-order chi connectivity index (χ0) is 17.4. The van der Waals surface area contributed by atoms with Crippen LogP contribution < -0.4 is 15.5 Å². The van der Waals surface area contributed by atoms with Crippen molar-refractivity contribution in [2.75, 3.05) is 0 Å². The first-order valence-electron chi connectivity index (χ1n) is 7.94. The van der Waals surface area contributed by atoms with Crippen molar-refractivity contribution in [3.63, 3.8) is 0 Å². The van der Waals surface area contributed by atoms with E-state index in [1.807, 2.05) is 75.4 Å². The highest BCUT2D eigenvalue weighted by atomic mass is 32.1. The number of hydrazone groups is 1. The van der Waals surface area contributed by atoms with Crippen LogP contribution in [-0.2, 0) is 6.54 Å². The van der Waals surface area contributed by atoms with Crippen molar-refractivity contribution in [2.45, 2.75) is 33.4 Å². The van der Waals surface area contributed by atoms with Crippen LogP contribution in [0.5, 0.6) is 5.75 Å². The predicted molar refractivity (Wildman–Crippen MR) is 103 cm³/mol. The van der Waals surface area contributed by atoms with E-state index in [-0.39, 0.29) is 6.10 Å². The summed E-state index contributed by atoms with van der Waals surface area (Å²) in [5, 5.41) is 7.95. The second kappa shape index (κ2) is 9.03. The van der Waals surface area contributed by atoms with Gasteiger partial charge in [0.05, 0.1) is 11.8 Å². The molecule has 2 aromatic rings. The molecule has 0 radical (unpaired) electrons. The van der Waals surface area contributed by atoms with E-state index in [2.05, 4.69) is 15.8 Å². The molecule has 126 valence electrons. The fourth-order valence-electron chi connectivity index (χ4n) is 2.06. The zero-order valence-electron chi connectivity index (χ0n) is 14.2. The van der Waals surface area contributed by atoms with Crippen molar-refractivity contribution in [3.8, 4) is 5.75 Å². The molecule has 0 spiro atoms. The van der Waals surface area contributed by atoms with E-state index >= 15 is 0 Å². The highest BCUT2D eigenvalue weighted by Gasteiger charge is 2.01. The number of benzene rings is 2. The van der Waals surface area contributed by atoms with Gasteiger partial charge in [-0.15, -0.1) is 0 Å². The van der Waals surface area contributed by atoms with E-state index in [4.69, 9.17) is 17.0 Å². The van der Waals surface area contributed by atoms with Gasteiger partial charge in [0, 0.05) is 6.54 Å². The van der Waals surface area contributed by atoms with Gasteiger partial charge in [0.15, 0.2) is 5.11 Å². The number of thiocarbonyl (C=S) groups is 1. The summed E-state index contributed by atoms with van der Waals surface area (Å²) in [4.78, 5) is 0. The summed E-state index contributed by atoms with van der Waals surface area (Å²) in [5.74, 6) is 0.856. The van der Waals surface area contributed by atoms with E-state index in [1.165, 1.54) is 5.56 Å². The molecule has 0 heterocycles. The lowest BCUT2D eigenvalue weighted by Gasteiger charge is -2.10. The lowest BCUT2D eigenvalue weighted by atomic mass is 10.1. The second-order valence-corrected chi connectivity index (χ2v) is 6.08. The first-order chi connectivity index (χ1) is 11.5. The molecule has 0 unspecified atom stereocenters. The van der Waals surface area contributed by atoms with E-state index in [0.717, 1.165) is 17.0 Å². The van der Waals surface area contributed by atoms with E-state index in [0.29, 0.717) is 11.7 Å². The van der Waals surface area contributed by atoms with E-state index in [1.54, 1.807) is 0 Å². The number of hydrogen-bond acceptors (Lipinski definition) is 3. The number of nitrogens with zero attached hydrogens (tertiary/aromatic N) is 1. The average Bonchev–Trinajstić information content (AvgIpc) is 2.59. The molecule has 2 rings (SSSR count).